The number of hydrogen-bond acceptors (Lipinski definition) is 6. The van der Waals surface area contributed by atoms with Gasteiger partial charge in [-0.05, 0) is 24.6 Å². The summed E-state index contributed by atoms with van der Waals surface area (Å²) in [6, 6.07) is 6.87. The van der Waals surface area contributed by atoms with Crippen LogP contribution in [0.15, 0.2) is 35.3 Å². The first-order valence-electron chi connectivity index (χ1n) is 10.8. The molecule has 0 spiro atoms. The summed E-state index contributed by atoms with van der Waals surface area (Å²) in [7, 11) is 0. The molecule has 3 aromatic rings. The molecule has 1 aliphatic heterocycles. The maximum Gasteiger partial charge on any atom is 0.267 e. The monoisotopic (exact) mass is 424 g/mol. The molecule has 0 unspecified atom stereocenters. The van der Waals surface area contributed by atoms with Crippen LogP contribution in [0.1, 0.15) is 30.1 Å². The maximum atomic E-state index is 13.2. The number of hydrogen-bond donors (Lipinski definition) is 2. The van der Waals surface area contributed by atoms with E-state index in [2.05, 4.69) is 22.1 Å². The van der Waals surface area contributed by atoms with E-state index in [1.54, 1.807) is 22.9 Å². The predicted octanol–water partition coefficient (Wildman–Crippen LogP) is 0.991. The number of aromatic nitrogens is 3. The molecule has 1 saturated heterocycles. The minimum absolute atomic E-state index is 0.0712. The van der Waals surface area contributed by atoms with E-state index in [1.165, 1.54) is 10.5 Å². The van der Waals surface area contributed by atoms with Gasteiger partial charge in [0.2, 0.25) is 0 Å². The van der Waals surface area contributed by atoms with Crippen LogP contribution in [0.3, 0.4) is 0 Å². The summed E-state index contributed by atoms with van der Waals surface area (Å²) in [6.45, 7) is 6.74. The molecule has 9 nitrogen and oxygen atoms in total. The van der Waals surface area contributed by atoms with Crippen LogP contribution in [0.4, 0.5) is 0 Å². The van der Waals surface area contributed by atoms with Gasteiger partial charge in [-0.3, -0.25) is 24.3 Å². The average molecular weight is 425 g/mol. The fraction of sp³-hybridized carbons (Fsp3) is 0.455. The number of amides is 1. The highest BCUT2D eigenvalue weighted by Crippen LogP contribution is 2.11. The van der Waals surface area contributed by atoms with Gasteiger partial charge in [-0.2, -0.15) is 0 Å². The standard InChI is InChI=1S/C22H28N6O3/c1-2-3-7-24-21(29)16-15-17-20(25-18-6-4-5-8-27(18)22(17)30)28(19(16)23)10-9-26-11-13-31-14-12-26/h4-6,8,15,23H,2-3,7,9-14H2,1H3,(H,24,29). The van der Waals surface area contributed by atoms with E-state index >= 15 is 0 Å². The van der Waals surface area contributed by atoms with Crippen molar-refractivity contribution in [3.05, 3.63) is 51.9 Å². The Morgan fingerprint density at radius 3 is 2.84 bits per heavy atom. The lowest BCUT2D eigenvalue weighted by Crippen LogP contribution is -2.41. The summed E-state index contributed by atoms with van der Waals surface area (Å²) in [6.07, 6.45) is 3.48. The second-order valence-electron chi connectivity index (χ2n) is 7.70. The molecule has 164 valence electrons. The van der Waals surface area contributed by atoms with Crippen LogP contribution in [0, 0.1) is 5.41 Å². The van der Waals surface area contributed by atoms with E-state index in [-0.39, 0.29) is 22.5 Å². The number of morpholine rings is 1. The lowest BCUT2D eigenvalue weighted by atomic mass is 10.2. The van der Waals surface area contributed by atoms with Gasteiger partial charge in [0, 0.05) is 38.9 Å². The largest absolute Gasteiger partial charge is 0.379 e. The van der Waals surface area contributed by atoms with Gasteiger partial charge in [-0.1, -0.05) is 19.4 Å². The molecule has 1 fully saturated rings. The van der Waals surface area contributed by atoms with Gasteiger partial charge in [0.05, 0.1) is 24.2 Å². The minimum atomic E-state index is -0.335. The highest BCUT2D eigenvalue weighted by molar-refractivity contribution is 5.96. The summed E-state index contributed by atoms with van der Waals surface area (Å²) in [4.78, 5) is 32.9. The molecule has 4 heterocycles. The van der Waals surface area contributed by atoms with Crippen molar-refractivity contribution in [2.45, 2.75) is 26.3 Å². The average Bonchev–Trinajstić information content (AvgIpc) is 2.79. The first kappa shape index (κ1) is 21.2. The topological polar surface area (TPSA) is 105 Å². The Bertz CT molecular complexity index is 1210. The molecule has 0 radical (unpaired) electrons. The van der Waals surface area contributed by atoms with Crippen molar-refractivity contribution in [1.29, 1.82) is 5.41 Å². The van der Waals surface area contributed by atoms with Gasteiger partial charge in [-0.15, -0.1) is 0 Å². The molecule has 0 aliphatic carbocycles. The Morgan fingerprint density at radius 2 is 2.06 bits per heavy atom. The van der Waals surface area contributed by atoms with E-state index in [9.17, 15) is 9.59 Å². The van der Waals surface area contributed by atoms with Gasteiger partial charge in [0.25, 0.3) is 11.5 Å². The highest BCUT2D eigenvalue weighted by atomic mass is 16.5. The van der Waals surface area contributed by atoms with E-state index in [0.29, 0.717) is 49.5 Å². The van der Waals surface area contributed by atoms with Crippen molar-refractivity contribution in [2.24, 2.45) is 0 Å². The van der Waals surface area contributed by atoms with E-state index in [0.717, 1.165) is 25.9 Å². The number of nitrogens with zero attached hydrogens (tertiary/aromatic N) is 4. The number of nitrogens with one attached hydrogen (secondary N) is 2. The molecule has 1 amide bonds. The number of fused-ring (bicyclic) bond motifs is 2. The Labute approximate surface area is 179 Å². The Morgan fingerprint density at radius 1 is 1.26 bits per heavy atom. The number of pyridine rings is 2. The van der Waals surface area contributed by atoms with Gasteiger partial charge in [0.15, 0.2) is 0 Å². The molecular formula is C22H28N6O3. The lowest BCUT2D eigenvalue weighted by Gasteiger charge is -2.27. The van der Waals surface area contributed by atoms with E-state index in [4.69, 9.17) is 10.1 Å². The summed E-state index contributed by atoms with van der Waals surface area (Å²) in [5, 5.41) is 11.9. The quantitative estimate of drug-likeness (QED) is 0.435. The van der Waals surface area contributed by atoms with Crippen LogP contribution in [0.5, 0.6) is 0 Å². The smallest absolute Gasteiger partial charge is 0.267 e. The van der Waals surface area contributed by atoms with Crippen LogP contribution in [-0.2, 0) is 11.3 Å². The van der Waals surface area contributed by atoms with Crippen molar-refractivity contribution in [3.63, 3.8) is 0 Å². The first-order chi connectivity index (χ1) is 15.1. The van der Waals surface area contributed by atoms with Crippen LogP contribution < -0.4 is 16.4 Å². The second-order valence-corrected chi connectivity index (χ2v) is 7.70. The third kappa shape index (κ3) is 4.38. The molecule has 0 saturated carbocycles. The van der Waals surface area contributed by atoms with Gasteiger partial charge in [-0.25, -0.2) is 4.98 Å². The van der Waals surface area contributed by atoms with Crippen molar-refractivity contribution < 1.29 is 9.53 Å². The number of ether oxygens (including phenoxy) is 1. The van der Waals surface area contributed by atoms with Gasteiger partial charge >= 0.3 is 0 Å². The van der Waals surface area contributed by atoms with Gasteiger partial charge < -0.3 is 14.6 Å². The van der Waals surface area contributed by atoms with Crippen LogP contribution in [-0.4, -0.2) is 64.2 Å². The minimum Gasteiger partial charge on any atom is -0.379 e. The summed E-state index contributed by atoms with van der Waals surface area (Å²) in [5.74, 6) is -0.335. The molecular weight excluding hydrogens is 396 g/mol. The third-order valence-corrected chi connectivity index (χ3v) is 5.62. The lowest BCUT2D eigenvalue weighted by molar-refractivity contribution is 0.0363. The summed E-state index contributed by atoms with van der Waals surface area (Å²) in [5.41, 5.74) is 0.963. The number of carbonyl (C=O) groups excluding carboxylic acids is 1. The maximum absolute atomic E-state index is 13.2. The van der Waals surface area contributed by atoms with Crippen molar-refractivity contribution in [1.82, 2.24) is 24.2 Å². The zero-order valence-electron chi connectivity index (χ0n) is 17.8. The zero-order valence-corrected chi connectivity index (χ0v) is 17.8. The molecule has 0 atom stereocenters. The Kier molecular flexibility index (Phi) is 6.43. The number of rotatable bonds is 7. The van der Waals surface area contributed by atoms with E-state index in [1.807, 2.05) is 6.07 Å². The third-order valence-electron chi connectivity index (χ3n) is 5.62. The van der Waals surface area contributed by atoms with Crippen LogP contribution in [0.25, 0.3) is 16.7 Å². The van der Waals surface area contributed by atoms with Crippen molar-refractivity contribution in [3.8, 4) is 0 Å². The first-order valence-corrected chi connectivity index (χ1v) is 10.8. The zero-order chi connectivity index (χ0) is 21.8. The number of carbonyl (C=O) groups is 1. The fourth-order valence-corrected chi connectivity index (χ4v) is 3.82. The molecule has 0 bridgehead atoms. The highest BCUT2D eigenvalue weighted by Gasteiger charge is 2.18. The molecule has 1 aliphatic rings. The predicted molar refractivity (Wildman–Crippen MR) is 117 cm³/mol. The Hall–Kier alpha value is -3.04. The molecule has 9 heteroatoms. The summed E-state index contributed by atoms with van der Waals surface area (Å²) < 4.78 is 8.57. The molecule has 0 aromatic carbocycles. The SMILES string of the molecule is CCCCNC(=O)c1cc2c(=O)n3ccccc3nc2n(CCN2CCOCC2)c1=N. The molecule has 31 heavy (non-hydrogen) atoms. The van der Waals surface area contributed by atoms with E-state index < -0.39 is 0 Å². The molecule has 3 aromatic heterocycles. The van der Waals surface area contributed by atoms with Crippen molar-refractivity contribution in [2.75, 3.05) is 39.4 Å². The van der Waals surface area contributed by atoms with Crippen LogP contribution >= 0.6 is 0 Å². The number of unbranched alkanes of at least 4 members (excludes halogenated alkanes) is 1. The Balaban J connectivity index is 1.82. The fourth-order valence-electron chi connectivity index (χ4n) is 3.82. The summed E-state index contributed by atoms with van der Waals surface area (Å²) >= 11 is 0. The molecule has 2 N–H and O–H groups in total. The van der Waals surface area contributed by atoms with Gasteiger partial charge in [0.1, 0.15) is 16.8 Å². The molecule has 4 rings (SSSR count). The normalized spacial score (nSPS) is 14.9. The van der Waals surface area contributed by atoms with Crippen molar-refractivity contribution >= 4 is 22.6 Å². The second kappa shape index (κ2) is 9.40. The van der Waals surface area contributed by atoms with Crippen LogP contribution in [0.2, 0.25) is 0 Å².